The molecule has 1 nitrogen and oxygen atoms in total. The van der Waals surface area contributed by atoms with Crippen LogP contribution in [0.2, 0.25) is 0 Å². The van der Waals surface area contributed by atoms with Crippen LogP contribution in [0.25, 0.3) is 0 Å². The topological polar surface area (TPSA) is 20.2 Å². The first-order valence-corrected chi connectivity index (χ1v) is 5.90. The van der Waals surface area contributed by atoms with E-state index in [4.69, 9.17) is 0 Å². The van der Waals surface area contributed by atoms with Gasteiger partial charge in [-0.05, 0) is 17.9 Å². The molecule has 0 amide bonds. The van der Waals surface area contributed by atoms with Crippen molar-refractivity contribution in [3.05, 3.63) is 35.9 Å². The zero-order chi connectivity index (χ0) is 11.1. The zero-order valence-electron chi connectivity index (χ0n) is 9.82. The van der Waals surface area contributed by atoms with Crippen molar-refractivity contribution in [1.82, 2.24) is 0 Å². The molecule has 0 radical (unpaired) electrons. The Morgan fingerprint density at radius 2 is 1.73 bits per heavy atom. The Bertz CT molecular complexity index is 253. The Morgan fingerprint density at radius 3 is 2.27 bits per heavy atom. The van der Waals surface area contributed by atoms with Crippen LogP contribution in [0.4, 0.5) is 0 Å². The molecule has 0 saturated heterocycles. The predicted molar refractivity (Wildman–Crippen MR) is 65.0 cm³/mol. The van der Waals surface area contributed by atoms with Gasteiger partial charge in [0.2, 0.25) is 0 Å². The maximum atomic E-state index is 9.34. The van der Waals surface area contributed by atoms with Crippen LogP contribution in [-0.4, -0.2) is 11.7 Å². The number of hydrogen-bond donors (Lipinski definition) is 1. The summed E-state index contributed by atoms with van der Waals surface area (Å²) >= 11 is 0. The Labute approximate surface area is 93.1 Å². The van der Waals surface area contributed by atoms with Gasteiger partial charge in [-0.25, -0.2) is 0 Å². The quantitative estimate of drug-likeness (QED) is 0.754. The molecule has 0 aliphatic carbocycles. The summed E-state index contributed by atoms with van der Waals surface area (Å²) in [5, 5.41) is 9.34. The average Bonchev–Trinajstić information content (AvgIpc) is 2.25. The van der Waals surface area contributed by atoms with Crippen molar-refractivity contribution in [1.29, 1.82) is 0 Å². The molecule has 1 aromatic carbocycles. The summed E-state index contributed by atoms with van der Waals surface area (Å²) in [5.74, 6) is 1.09. The molecule has 1 unspecified atom stereocenters. The molecule has 1 atom stereocenters. The second-order valence-electron chi connectivity index (χ2n) is 4.61. The summed E-state index contributed by atoms with van der Waals surface area (Å²) in [6.45, 7) is 4.76. The summed E-state index contributed by atoms with van der Waals surface area (Å²) in [4.78, 5) is 0. The van der Waals surface area contributed by atoms with Crippen LogP contribution in [0, 0.1) is 5.92 Å². The van der Waals surface area contributed by atoms with Gasteiger partial charge in [0, 0.05) is 12.5 Å². The molecule has 0 spiro atoms. The van der Waals surface area contributed by atoms with Gasteiger partial charge in [0.05, 0.1) is 0 Å². The maximum absolute atomic E-state index is 9.34. The number of benzene rings is 1. The fourth-order valence-corrected chi connectivity index (χ4v) is 1.86. The highest BCUT2D eigenvalue weighted by atomic mass is 16.3. The van der Waals surface area contributed by atoms with Gasteiger partial charge in [0.15, 0.2) is 0 Å². The smallest absolute Gasteiger partial charge is 0.0499 e. The van der Waals surface area contributed by atoms with Gasteiger partial charge in [-0.1, -0.05) is 57.0 Å². The number of hydrogen-bond acceptors (Lipinski definition) is 1. The van der Waals surface area contributed by atoms with Gasteiger partial charge in [0.1, 0.15) is 0 Å². The second-order valence-corrected chi connectivity index (χ2v) is 4.61. The molecule has 84 valence electrons. The van der Waals surface area contributed by atoms with Crippen molar-refractivity contribution in [3.8, 4) is 0 Å². The molecule has 1 N–H and O–H groups in total. The van der Waals surface area contributed by atoms with Crippen LogP contribution in [0.15, 0.2) is 30.3 Å². The van der Waals surface area contributed by atoms with Gasteiger partial charge >= 0.3 is 0 Å². The van der Waals surface area contributed by atoms with Gasteiger partial charge in [-0.3, -0.25) is 0 Å². The first kappa shape index (κ1) is 12.3. The summed E-state index contributed by atoms with van der Waals surface area (Å²) < 4.78 is 0. The third-order valence-electron chi connectivity index (χ3n) is 2.83. The Morgan fingerprint density at radius 1 is 1.07 bits per heavy atom. The largest absolute Gasteiger partial charge is 0.396 e. The van der Waals surface area contributed by atoms with Crippen LogP contribution in [0.1, 0.15) is 44.6 Å². The molecule has 0 aliphatic rings. The van der Waals surface area contributed by atoms with E-state index >= 15 is 0 Å². The lowest BCUT2D eigenvalue weighted by Gasteiger charge is -2.15. The normalized spacial score (nSPS) is 13.1. The minimum Gasteiger partial charge on any atom is -0.396 e. The second kappa shape index (κ2) is 6.62. The minimum atomic E-state index is 0.266. The predicted octanol–water partition coefficient (Wildman–Crippen LogP) is 3.59. The number of rotatable bonds is 6. The van der Waals surface area contributed by atoms with E-state index in [9.17, 15) is 5.11 Å². The Kier molecular flexibility index (Phi) is 5.41. The molecule has 15 heavy (non-hydrogen) atoms. The third-order valence-corrected chi connectivity index (χ3v) is 2.83. The van der Waals surface area contributed by atoms with E-state index < -0.39 is 0 Å². The summed E-state index contributed by atoms with van der Waals surface area (Å²) in [5.41, 5.74) is 1.27. The molecular formula is C14H22O. The van der Waals surface area contributed by atoms with Crippen molar-refractivity contribution in [3.63, 3.8) is 0 Å². The Hall–Kier alpha value is -0.820. The van der Waals surface area contributed by atoms with Gasteiger partial charge in [0.25, 0.3) is 0 Å². The molecule has 1 heteroatoms. The number of aliphatic hydroxyl groups excluding tert-OH is 1. The molecule has 0 fully saturated rings. The lowest BCUT2D eigenvalue weighted by atomic mass is 9.93. The molecule has 0 aromatic heterocycles. The van der Waals surface area contributed by atoms with E-state index in [1.807, 2.05) is 18.2 Å². The SMILES string of the molecule is CC(C)CCCC(CO)c1ccccc1. The van der Waals surface area contributed by atoms with Gasteiger partial charge < -0.3 is 5.11 Å². The van der Waals surface area contributed by atoms with E-state index in [0.29, 0.717) is 5.92 Å². The van der Waals surface area contributed by atoms with E-state index in [1.165, 1.54) is 18.4 Å². The van der Waals surface area contributed by atoms with E-state index in [-0.39, 0.29) is 6.61 Å². The van der Waals surface area contributed by atoms with Gasteiger partial charge in [-0.2, -0.15) is 0 Å². The van der Waals surface area contributed by atoms with Crippen LogP contribution < -0.4 is 0 Å². The monoisotopic (exact) mass is 206 g/mol. The van der Waals surface area contributed by atoms with Crippen molar-refractivity contribution >= 4 is 0 Å². The molecule has 1 rings (SSSR count). The standard InChI is InChI=1S/C14H22O/c1-12(2)7-6-10-14(11-15)13-8-4-3-5-9-13/h3-5,8-9,12,14-15H,6-7,10-11H2,1-2H3. The van der Waals surface area contributed by atoms with Crippen LogP contribution >= 0.6 is 0 Å². The average molecular weight is 206 g/mol. The first-order valence-electron chi connectivity index (χ1n) is 5.90. The van der Waals surface area contributed by atoms with E-state index in [2.05, 4.69) is 26.0 Å². The fourth-order valence-electron chi connectivity index (χ4n) is 1.86. The summed E-state index contributed by atoms with van der Waals surface area (Å²) in [6, 6.07) is 10.3. The highest BCUT2D eigenvalue weighted by molar-refractivity contribution is 5.19. The van der Waals surface area contributed by atoms with Crippen LogP contribution in [0.5, 0.6) is 0 Å². The summed E-state index contributed by atoms with van der Waals surface area (Å²) in [7, 11) is 0. The van der Waals surface area contributed by atoms with Crippen molar-refractivity contribution in [2.24, 2.45) is 5.92 Å². The molecule has 1 aromatic rings. The molecular weight excluding hydrogens is 184 g/mol. The summed E-state index contributed by atoms with van der Waals surface area (Å²) in [6.07, 6.45) is 3.56. The lowest BCUT2D eigenvalue weighted by Crippen LogP contribution is -2.04. The van der Waals surface area contributed by atoms with Crippen molar-refractivity contribution in [2.75, 3.05) is 6.61 Å². The highest BCUT2D eigenvalue weighted by Gasteiger charge is 2.09. The highest BCUT2D eigenvalue weighted by Crippen LogP contribution is 2.22. The minimum absolute atomic E-state index is 0.266. The van der Waals surface area contributed by atoms with E-state index in [0.717, 1.165) is 12.3 Å². The first-order chi connectivity index (χ1) is 7.24. The maximum Gasteiger partial charge on any atom is 0.0499 e. The zero-order valence-corrected chi connectivity index (χ0v) is 9.82. The molecule has 0 saturated carbocycles. The van der Waals surface area contributed by atoms with Gasteiger partial charge in [-0.15, -0.1) is 0 Å². The third kappa shape index (κ3) is 4.48. The molecule has 0 aliphatic heterocycles. The number of aliphatic hydroxyl groups is 1. The van der Waals surface area contributed by atoms with Crippen LogP contribution in [-0.2, 0) is 0 Å². The fraction of sp³-hybridized carbons (Fsp3) is 0.571. The lowest BCUT2D eigenvalue weighted by molar-refractivity contribution is 0.255. The molecule has 0 bridgehead atoms. The van der Waals surface area contributed by atoms with E-state index in [1.54, 1.807) is 0 Å². The Balaban J connectivity index is 2.43. The van der Waals surface area contributed by atoms with Crippen LogP contribution in [0.3, 0.4) is 0 Å². The van der Waals surface area contributed by atoms with Crippen molar-refractivity contribution < 1.29 is 5.11 Å². The molecule has 0 heterocycles. The van der Waals surface area contributed by atoms with Crippen molar-refractivity contribution in [2.45, 2.75) is 39.0 Å².